The Morgan fingerprint density at radius 2 is 1.60 bits per heavy atom. The van der Waals surface area contributed by atoms with E-state index in [0.29, 0.717) is 16.5 Å². The quantitative estimate of drug-likeness (QED) is 0.833. The van der Waals surface area contributed by atoms with Crippen molar-refractivity contribution in [3.8, 4) is 17.2 Å². The smallest absolute Gasteiger partial charge is 0.146 e. The molecule has 0 aromatic heterocycles. The summed E-state index contributed by atoms with van der Waals surface area (Å²) in [6.45, 7) is 0. The van der Waals surface area contributed by atoms with Crippen LogP contribution in [0.5, 0.6) is 17.2 Å². The number of hydrogen-bond donors (Lipinski definition) is 1. The Morgan fingerprint density at radius 3 is 2.27 bits per heavy atom. The zero-order valence-corrected chi connectivity index (χ0v) is 8.61. The van der Waals surface area contributed by atoms with Gasteiger partial charge in [-0.05, 0) is 36.4 Å². The number of rotatable bonds is 2. The Hall–Kier alpha value is -1.67. The highest BCUT2D eigenvalue weighted by Gasteiger charge is 2.01. The number of benzene rings is 2. The Kier molecular flexibility index (Phi) is 2.79. The van der Waals surface area contributed by atoms with E-state index in [2.05, 4.69) is 0 Å². The molecule has 0 saturated carbocycles. The van der Waals surface area contributed by atoms with E-state index in [-0.39, 0.29) is 5.75 Å². The molecule has 0 aliphatic rings. The summed E-state index contributed by atoms with van der Waals surface area (Å²) in [5.74, 6) is 1.45. The summed E-state index contributed by atoms with van der Waals surface area (Å²) in [5.41, 5.74) is 0. The number of para-hydroxylation sites is 1. The van der Waals surface area contributed by atoms with Crippen molar-refractivity contribution in [2.75, 3.05) is 0 Å². The summed E-state index contributed by atoms with van der Waals surface area (Å²) < 4.78 is 5.52. The van der Waals surface area contributed by atoms with Crippen LogP contribution in [0.3, 0.4) is 0 Å². The van der Waals surface area contributed by atoms with E-state index in [1.807, 2.05) is 12.1 Å². The maximum atomic E-state index is 9.10. The SMILES string of the molecule is Oc1ccc(Oc2ccccc2Cl)cc1. The van der Waals surface area contributed by atoms with Crippen molar-refractivity contribution in [2.24, 2.45) is 0 Å². The summed E-state index contributed by atoms with van der Waals surface area (Å²) in [6.07, 6.45) is 0. The van der Waals surface area contributed by atoms with Crippen molar-refractivity contribution < 1.29 is 9.84 Å². The van der Waals surface area contributed by atoms with Crippen LogP contribution < -0.4 is 4.74 Å². The summed E-state index contributed by atoms with van der Waals surface area (Å²) in [6, 6.07) is 13.7. The Bertz CT molecular complexity index is 451. The molecule has 0 spiro atoms. The Morgan fingerprint density at radius 1 is 0.933 bits per heavy atom. The van der Waals surface area contributed by atoms with Gasteiger partial charge in [0.1, 0.15) is 17.2 Å². The first-order valence-electron chi connectivity index (χ1n) is 4.47. The van der Waals surface area contributed by atoms with Crippen LogP contribution >= 0.6 is 11.6 Å². The van der Waals surface area contributed by atoms with Crippen LogP contribution in [0.15, 0.2) is 48.5 Å². The van der Waals surface area contributed by atoms with Gasteiger partial charge < -0.3 is 9.84 Å². The highest BCUT2D eigenvalue weighted by molar-refractivity contribution is 6.32. The number of hydrogen-bond acceptors (Lipinski definition) is 2. The average Bonchev–Trinajstić information content (AvgIpc) is 2.25. The Balaban J connectivity index is 2.22. The molecule has 0 fully saturated rings. The summed E-state index contributed by atoms with van der Waals surface area (Å²) in [4.78, 5) is 0. The lowest BCUT2D eigenvalue weighted by molar-refractivity contribution is 0.464. The predicted molar refractivity (Wildman–Crippen MR) is 59.6 cm³/mol. The molecule has 0 radical (unpaired) electrons. The van der Waals surface area contributed by atoms with Crippen molar-refractivity contribution in [3.63, 3.8) is 0 Å². The van der Waals surface area contributed by atoms with Crippen LogP contribution in [0.4, 0.5) is 0 Å². The fourth-order valence-corrected chi connectivity index (χ4v) is 1.34. The van der Waals surface area contributed by atoms with Gasteiger partial charge in [-0.2, -0.15) is 0 Å². The van der Waals surface area contributed by atoms with Gasteiger partial charge in [0.05, 0.1) is 5.02 Å². The first-order valence-corrected chi connectivity index (χ1v) is 4.85. The zero-order valence-electron chi connectivity index (χ0n) is 7.85. The van der Waals surface area contributed by atoms with Crippen molar-refractivity contribution in [2.45, 2.75) is 0 Å². The number of ether oxygens (including phenoxy) is 1. The lowest BCUT2D eigenvalue weighted by Gasteiger charge is -2.06. The second-order valence-corrected chi connectivity index (χ2v) is 3.43. The minimum atomic E-state index is 0.210. The van der Waals surface area contributed by atoms with E-state index in [1.54, 1.807) is 36.4 Å². The average molecular weight is 221 g/mol. The Labute approximate surface area is 92.7 Å². The molecule has 0 aliphatic carbocycles. The van der Waals surface area contributed by atoms with E-state index in [0.717, 1.165) is 0 Å². The van der Waals surface area contributed by atoms with Gasteiger partial charge in [-0.1, -0.05) is 23.7 Å². The molecule has 3 heteroatoms. The molecule has 0 unspecified atom stereocenters. The van der Waals surface area contributed by atoms with E-state index in [1.165, 1.54) is 0 Å². The van der Waals surface area contributed by atoms with Crippen LogP contribution in [-0.4, -0.2) is 5.11 Å². The van der Waals surface area contributed by atoms with Gasteiger partial charge in [-0.25, -0.2) is 0 Å². The second-order valence-electron chi connectivity index (χ2n) is 3.03. The van der Waals surface area contributed by atoms with E-state index < -0.39 is 0 Å². The van der Waals surface area contributed by atoms with Gasteiger partial charge in [0, 0.05) is 0 Å². The molecule has 2 aromatic carbocycles. The van der Waals surface area contributed by atoms with Crippen LogP contribution in [0, 0.1) is 0 Å². The molecule has 0 bridgehead atoms. The van der Waals surface area contributed by atoms with Crippen molar-refractivity contribution in [1.29, 1.82) is 0 Å². The van der Waals surface area contributed by atoms with Crippen molar-refractivity contribution in [3.05, 3.63) is 53.6 Å². The molecular weight excluding hydrogens is 212 g/mol. The molecule has 76 valence electrons. The first-order chi connectivity index (χ1) is 7.25. The predicted octanol–water partition coefficient (Wildman–Crippen LogP) is 3.84. The maximum absolute atomic E-state index is 9.10. The molecule has 0 atom stereocenters. The largest absolute Gasteiger partial charge is 0.508 e. The van der Waals surface area contributed by atoms with Crippen molar-refractivity contribution >= 4 is 11.6 Å². The summed E-state index contributed by atoms with van der Waals surface area (Å²) in [7, 11) is 0. The second kappa shape index (κ2) is 4.24. The monoisotopic (exact) mass is 220 g/mol. The fourth-order valence-electron chi connectivity index (χ4n) is 1.17. The van der Waals surface area contributed by atoms with Gasteiger partial charge in [0.15, 0.2) is 0 Å². The third-order valence-corrected chi connectivity index (χ3v) is 2.21. The summed E-state index contributed by atoms with van der Waals surface area (Å²) >= 11 is 5.93. The van der Waals surface area contributed by atoms with E-state index >= 15 is 0 Å². The lowest BCUT2D eigenvalue weighted by Crippen LogP contribution is -1.83. The lowest BCUT2D eigenvalue weighted by atomic mass is 10.3. The topological polar surface area (TPSA) is 29.5 Å². The molecule has 15 heavy (non-hydrogen) atoms. The first kappa shape index (κ1) is 9.87. The normalized spacial score (nSPS) is 9.93. The van der Waals surface area contributed by atoms with Crippen LogP contribution in [0.2, 0.25) is 5.02 Å². The zero-order chi connectivity index (χ0) is 10.7. The summed E-state index contributed by atoms with van der Waals surface area (Å²) in [5, 5.41) is 9.66. The van der Waals surface area contributed by atoms with Crippen LogP contribution in [0.25, 0.3) is 0 Å². The standard InChI is InChI=1S/C12H9ClO2/c13-11-3-1-2-4-12(11)15-10-7-5-9(14)6-8-10/h1-8,14H. The minimum absolute atomic E-state index is 0.210. The van der Waals surface area contributed by atoms with Crippen LogP contribution in [-0.2, 0) is 0 Å². The molecule has 0 heterocycles. The highest BCUT2D eigenvalue weighted by atomic mass is 35.5. The van der Waals surface area contributed by atoms with E-state index in [4.69, 9.17) is 21.4 Å². The third kappa shape index (κ3) is 2.42. The number of halogens is 1. The molecule has 0 aliphatic heterocycles. The molecule has 2 aromatic rings. The van der Waals surface area contributed by atoms with Gasteiger partial charge in [0.2, 0.25) is 0 Å². The van der Waals surface area contributed by atoms with Gasteiger partial charge >= 0.3 is 0 Å². The maximum Gasteiger partial charge on any atom is 0.146 e. The van der Waals surface area contributed by atoms with Gasteiger partial charge in [-0.15, -0.1) is 0 Å². The van der Waals surface area contributed by atoms with Crippen LogP contribution in [0.1, 0.15) is 0 Å². The van der Waals surface area contributed by atoms with Crippen molar-refractivity contribution in [1.82, 2.24) is 0 Å². The number of phenols is 1. The molecule has 2 rings (SSSR count). The van der Waals surface area contributed by atoms with Gasteiger partial charge in [0.25, 0.3) is 0 Å². The molecular formula is C12H9ClO2. The number of aromatic hydroxyl groups is 1. The molecule has 0 saturated heterocycles. The number of phenolic OH excluding ortho intramolecular Hbond substituents is 1. The van der Waals surface area contributed by atoms with Gasteiger partial charge in [-0.3, -0.25) is 0 Å². The highest BCUT2D eigenvalue weighted by Crippen LogP contribution is 2.29. The fraction of sp³-hybridized carbons (Fsp3) is 0. The minimum Gasteiger partial charge on any atom is -0.508 e. The third-order valence-electron chi connectivity index (χ3n) is 1.90. The molecule has 1 N–H and O–H groups in total. The van der Waals surface area contributed by atoms with E-state index in [9.17, 15) is 0 Å². The molecule has 2 nitrogen and oxygen atoms in total. The molecule has 0 amide bonds.